The van der Waals surface area contributed by atoms with Crippen LogP contribution in [0.15, 0.2) is 10.4 Å². The molecule has 1 aromatic heterocycles. The van der Waals surface area contributed by atoms with Crippen molar-refractivity contribution in [3.8, 4) is 0 Å². The van der Waals surface area contributed by atoms with Gasteiger partial charge in [0.2, 0.25) is 0 Å². The second-order valence-electron chi connectivity index (χ2n) is 2.57. The highest BCUT2D eigenvalue weighted by molar-refractivity contribution is 8.01. The van der Waals surface area contributed by atoms with Gasteiger partial charge in [0.1, 0.15) is 0 Å². The number of rotatable bonds is 5. The number of unbranched alkanes of at least 4 members (excludes halogenated alkanes) is 2. The molecule has 0 saturated carbocycles. The van der Waals surface area contributed by atoms with Crippen molar-refractivity contribution < 1.29 is 0 Å². The van der Waals surface area contributed by atoms with E-state index in [9.17, 15) is 0 Å². The highest BCUT2D eigenvalue weighted by atomic mass is 32.2. The third-order valence-electron chi connectivity index (χ3n) is 1.49. The van der Waals surface area contributed by atoms with Gasteiger partial charge in [0.25, 0.3) is 0 Å². The quantitative estimate of drug-likeness (QED) is 0.589. The molecule has 0 aliphatic rings. The topological polar surface area (TPSA) is 38.9 Å². The fraction of sp³-hybridized carbons (Fsp3) is 0.625. The maximum Gasteiger partial charge on any atom is 0.181 e. The van der Waals surface area contributed by atoms with Crippen LogP contribution in [0, 0.1) is 0 Å². The Morgan fingerprint density at radius 1 is 1.58 bits per heavy atom. The van der Waals surface area contributed by atoms with Crippen LogP contribution in [0.25, 0.3) is 0 Å². The van der Waals surface area contributed by atoms with E-state index in [-0.39, 0.29) is 0 Å². The van der Waals surface area contributed by atoms with E-state index in [1.165, 1.54) is 29.2 Å². The Hall–Kier alpha value is -0.220. The molecule has 1 heterocycles. The van der Waals surface area contributed by atoms with Crippen molar-refractivity contribution >= 4 is 28.2 Å². The lowest BCUT2D eigenvalue weighted by atomic mass is 10.3. The number of hydrogen-bond donors (Lipinski definition) is 1. The van der Waals surface area contributed by atoms with Gasteiger partial charge in [-0.25, -0.2) is 4.98 Å². The first-order valence-electron chi connectivity index (χ1n) is 4.17. The molecule has 0 radical (unpaired) electrons. The number of hydrogen-bond acceptors (Lipinski definition) is 4. The Kier molecular flexibility index (Phi) is 4.46. The van der Waals surface area contributed by atoms with Crippen LogP contribution in [0.1, 0.15) is 26.2 Å². The van der Waals surface area contributed by atoms with Crippen LogP contribution < -0.4 is 5.73 Å². The summed E-state index contributed by atoms with van der Waals surface area (Å²) >= 11 is 3.43. The van der Waals surface area contributed by atoms with Crippen molar-refractivity contribution in [1.82, 2.24) is 4.98 Å². The lowest BCUT2D eigenvalue weighted by Gasteiger charge is -1.95. The maximum absolute atomic E-state index is 5.50. The number of thioether (sulfide) groups is 1. The molecular formula is C8H14N2S2. The first kappa shape index (κ1) is 9.86. The number of nitrogens with two attached hydrogens (primary N) is 1. The number of anilines is 1. The predicted molar refractivity (Wildman–Crippen MR) is 56.8 cm³/mol. The minimum Gasteiger partial charge on any atom is -0.375 e. The first-order chi connectivity index (χ1) is 5.83. The van der Waals surface area contributed by atoms with Crippen LogP contribution in [0.5, 0.6) is 0 Å². The lowest BCUT2D eigenvalue weighted by Crippen LogP contribution is -1.77. The molecular weight excluding hydrogens is 188 g/mol. The zero-order valence-corrected chi connectivity index (χ0v) is 8.88. The standard InChI is InChI=1S/C8H14N2S2/c1-2-3-4-5-11-7-6-10-8(9)12-7/h6H,2-5H2,1H3,(H2,9,10). The van der Waals surface area contributed by atoms with E-state index in [1.807, 2.05) is 18.0 Å². The molecule has 0 aromatic carbocycles. The molecule has 68 valence electrons. The first-order valence-corrected chi connectivity index (χ1v) is 5.97. The maximum atomic E-state index is 5.50. The van der Waals surface area contributed by atoms with Crippen LogP contribution in [0.3, 0.4) is 0 Å². The van der Waals surface area contributed by atoms with Crippen molar-refractivity contribution in [3.63, 3.8) is 0 Å². The van der Waals surface area contributed by atoms with Gasteiger partial charge in [-0.15, -0.1) is 11.8 Å². The minimum absolute atomic E-state index is 0.674. The molecule has 0 unspecified atom stereocenters. The summed E-state index contributed by atoms with van der Waals surface area (Å²) in [5.41, 5.74) is 5.50. The summed E-state index contributed by atoms with van der Waals surface area (Å²) in [6, 6.07) is 0. The van der Waals surface area contributed by atoms with Crippen molar-refractivity contribution in [2.45, 2.75) is 30.4 Å². The lowest BCUT2D eigenvalue weighted by molar-refractivity contribution is 0.779. The summed E-state index contributed by atoms with van der Waals surface area (Å²) in [4.78, 5) is 3.99. The molecule has 0 aliphatic heterocycles. The Balaban J connectivity index is 2.15. The van der Waals surface area contributed by atoms with Crippen LogP contribution in [-0.2, 0) is 0 Å². The average Bonchev–Trinajstić information content (AvgIpc) is 2.45. The van der Waals surface area contributed by atoms with Gasteiger partial charge in [0, 0.05) is 0 Å². The van der Waals surface area contributed by atoms with E-state index in [4.69, 9.17) is 5.73 Å². The van der Waals surface area contributed by atoms with Gasteiger partial charge < -0.3 is 5.73 Å². The second kappa shape index (κ2) is 5.43. The minimum atomic E-state index is 0.674. The van der Waals surface area contributed by atoms with Gasteiger partial charge in [0.05, 0.1) is 10.4 Å². The van der Waals surface area contributed by atoms with Crippen LogP contribution >= 0.6 is 23.1 Å². The Morgan fingerprint density at radius 2 is 2.42 bits per heavy atom. The van der Waals surface area contributed by atoms with E-state index in [0.717, 1.165) is 0 Å². The molecule has 0 saturated heterocycles. The smallest absolute Gasteiger partial charge is 0.181 e. The number of aromatic nitrogens is 1. The van der Waals surface area contributed by atoms with Crippen molar-refractivity contribution in [3.05, 3.63) is 6.20 Å². The van der Waals surface area contributed by atoms with Gasteiger partial charge >= 0.3 is 0 Å². The molecule has 0 atom stereocenters. The largest absolute Gasteiger partial charge is 0.375 e. The normalized spacial score (nSPS) is 10.4. The SMILES string of the molecule is CCCCCSc1cnc(N)s1. The molecule has 0 aliphatic carbocycles. The monoisotopic (exact) mass is 202 g/mol. The van der Waals surface area contributed by atoms with E-state index < -0.39 is 0 Å². The van der Waals surface area contributed by atoms with E-state index in [0.29, 0.717) is 5.13 Å². The second-order valence-corrected chi connectivity index (χ2v) is 5.03. The van der Waals surface area contributed by atoms with Crippen molar-refractivity contribution in [2.24, 2.45) is 0 Å². The molecule has 0 fully saturated rings. The molecule has 12 heavy (non-hydrogen) atoms. The highest BCUT2D eigenvalue weighted by Gasteiger charge is 1.97. The Morgan fingerprint density at radius 3 is 3.00 bits per heavy atom. The van der Waals surface area contributed by atoms with E-state index >= 15 is 0 Å². The molecule has 2 nitrogen and oxygen atoms in total. The number of nitrogen functional groups attached to an aromatic ring is 1. The van der Waals surface area contributed by atoms with Crippen molar-refractivity contribution in [2.75, 3.05) is 11.5 Å². The van der Waals surface area contributed by atoms with Gasteiger partial charge in [-0.05, 0) is 12.2 Å². The van der Waals surface area contributed by atoms with E-state index in [2.05, 4.69) is 11.9 Å². The third-order valence-corrected chi connectivity index (χ3v) is 3.60. The Labute approximate surface area is 81.6 Å². The van der Waals surface area contributed by atoms with Gasteiger partial charge in [-0.3, -0.25) is 0 Å². The molecule has 2 N–H and O–H groups in total. The fourth-order valence-electron chi connectivity index (χ4n) is 0.864. The van der Waals surface area contributed by atoms with Crippen LogP contribution in [0.2, 0.25) is 0 Å². The van der Waals surface area contributed by atoms with Crippen LogP contribution in [-0.4, -0.2) is 10.7 Å². The summed E-state index contributed by atoms with van der Waals surface area (Å²) in [7, 11) is 0. The van der Waals surface area contributed by atoms with Crippen molar-refractivity contribution in [1.29, 1.82) is 0 Å². The van der Waals surface area contributed by atoms with E-state index in [1.54, 1.807) is 11.3 Å². The summed E-state index contributed by atoms with van der Waals surface area (Å²) < 4.78 is 1.24. The molecule has 0 amide bonds. The molecule has 1 rings (SSSR count). The average molecular weight is 202 g/mol. The molecule has 4 heteroatoms. The zero-order valence-electron chi connectivity index (χ0n) is 7.25. The van der Waals surface area contributed by atoms with Gasteiger partial charge in [-0.2, -0.15) is 0 Å². The van der Waals surface area contributed by atoms with Crippen LogP contribution in [0.4, 0.5) is 5.13 Å². The predicted octanol–water partition coefficient (Wildman–Crippen LogP) is 3.01. The Bertz CT molecular complexity index is 223. The summed E-state index contributed by atoms with van der Waals surface area (Å²) in [6.45, 7) is 2.22. The summed E-state index contributed by atoms with van der Waals surface area (Å²) in [5.74, 6) is 1.19. The molecule has 0 bridgehead atoms. The molecule has 1 aromatic rings. The summed E-state index contributed by atoms with van der Waals surface area (Å²) in [6.07, 6.45) is 5.75. The zero-order chi connectivity index (χ0) is 8.81. The summed E-state index contributed by atoms with van der Waals surface area (Å²) in [5, 5.41) is 0.674. The molecule has 0 spiro atoms. The van der Waals surface area contributed by atoms with Gasteiger partial charge in [0.15, 0.2) is 5.13 Å². The fourth-order valence-corrected chi connectivity index (χ4v) is 2.70. The number of nitrogens with zero attached hydrogens (tertiary/aromatic N) is 1. The third kappa shape index (κ3) is 3.45. The number of thiazole rings is 1. The van der Waals surface area contributed by atoms with Gasteiger partial charge in [-0.1, -0.05) is 31.1 Å². The highest BCUT2D eigenvalue weighted by Crippen LogP contribution is 2.26.